The zero-order chi connectivity index (χ0) is 17.0. The number of benzene rings is 2. The summed E-state index contributed by atoms with van der Waals surface area (Å²) in [6.45, 7) is 0. The molecule has 0 amide bonds. The van der Waals surface area contributed by atoms with Crippen LogP contribution in [0.5, 0.6) is 17.2 Å². The average Bonchev–Trinajstić information content (AvgIpc) is 2.43. The molecule has 0 saturated heterocycles. The Morgan fingerprint density at radius 2 is 1.74 bits per heavy atom. The number of phosphoric acid groups is 1. The van der Waals surface area contributed by atoms with Gasteiger partial charge in [0.15, 0.2) is 0 Å². The Kier molecular flexibility index (Phi) is 5.28. The van der Waals surface area contributed by atoms with Crippen LogP contribution in [-0.4, -0.2) is 25.1 Å². The molecule has 0 heterocycles. The lowest BCUT2D eigenvalue weighted by Crippen LogP contribution is -2.03. The Bertz CT molecular complexity index is 726. The monoisotopic (exact) mass is 340 g/mol. The Morgan fingerprint density at radius 1 is 1.04 bits per heavy atom. The molecule has 5 N–H and O–H groups in total. The molecule has 2 aromatic rings. The third kappa shape index (κ3) is 5.26. The number of phosphoric ester groups is 1. The molecule has 1 unspecified atom stereocenters. The molecular formula is C15H17O7P. The van der Waals surface area contributed by atoms with E-state index in [0.717, 1.165) is 11.6 Å². The Balaban J connectivity index is 2.15. The summed E-state index contributed by atoms with van der Waals surface area (Å²) < 4.78 is 15.5. The van der Waals surface area contributed by atoms with Gasteiger partial charge < -0.3 is 19.8 Å². The van der Waals surface area contributed by atoms with Gasteiger partial charge in [0.1, 0.15) is 17.2 Å². The molecule has 1 atom stereocenters. The van der Waals surface area contributed by atoms with Crippen LogP contribution in [0, 0.1) is 0 Å². The van der Waals surface area contributed by atoms with Gasteiger partial charge in [-0.25, -0.2) is 4.57 Å². The van der Waals surface area contributed by atoms with Gasteiger partial charge in [0.2, 0.25) is 0 Å². The fourth-order valence-corrected chi connectivity index (χ4v) is 2.59. The minimum absolute atomic E-state index is 0.118. The van der Waals surface area contributed by atoms with E-state index in [9.17, 15) is 19.9 Å². The minimum atomic E-state index is -4.81. The maximum Gasteiger partial charge on any atom is 0.524 e. The van der Waals surface area contributed by atoms with Crippen molar-refractivity contribution >= 4 is 7.82 Å². The van der Waals surface area contributed by atoms with E-state index in [-0.39, 0.29) is 29.2 Å². The molecule has 0 bridgehead atoms. The van der Waals surface area contributed by atoms with Crippen molar-refractivity contribution in [3.63, 3.8) is 0 Å². The molecule has 0 radical (unpaired) electrons. The van der Waals surface area contributed by atoms with E-state index in [4.69, 9.17) is 9.79 Å². The van der Waals surface area contributed by atoms with Crippen LogP contribution in [-0.2, 0) is 11.0 Å². The summed E-state index contributed by atoms with van der Waals surface area (Å²) in [7, 11) is -4.81. The third-order valence-electron chi connectivity index (χ3n) is 3.19. The highest BCUT2D eigenvalue weighted by Crippen LogP contribution is 2.42. The van der Waals surface area contributed by atoms with Crippen molar-refractivity contribution in [1.82, 2.24) is 0 Å². The molecule has 7 nitrogen and oxygen atoms in total. The summed E-state index contributed by atoms with van der Waals surface area (Å²) in [4.78, 5) is 17.8. The van der Waals surface area contributed by atoms with Gasteiger partial charge in [0, 0.05) is 11.6 Å². The lowest BCUT2D eigenvalue weighted by Gasteiger charge is -2.17. The predicted octanol–water partition coefficient (Wildman–Crippen LogP) is 2.24. The fourth-order valence-electron chi connectivity index (χ4n) is 2.18. The molecule has 0 aliphatic heterocycles. The summed E-state index contributed by atoms with van der Waals surface area (Å²) in [5.74, 6) is -0.397. The van der Waals surface area contributed by atoms with Crippen molar-refractivity contribution in [2.45, 2.75) is 18.9 Å². The molecule has 0 aliphatic carbocycles. The van der Waals surface area contributed by atoms with Crippen LogP contribution in [0.25, 0.3) is 0 Å². The largest absolute Gasteiger partial charge is 0.524 e. The van der Waals surface area contributed by atoms with Gasteiger partial charge in [0.25, 0.3) is 0 Å². The van der Waals surface area contributed by atoms with Crippen LogP contribution in [0.4, 0.5) is 0 Å². The second-order valence-corrected chi connectivity index (χ2v) is 6.19. The smallest absolute Gasteiger partial charge is 0.508 e. The molecule has 23 heavy (non-hydrogen) atoms. The summed E-state index contributed by atoms with van der Waals surface area (Å²) in [5.41, 5.74) is 0.964. The number of aliphatic hydroxyl groups excluding tert-OH is 1. The summed E-state index contributed by atoms with van der Waals surface area (Å²) >= 11 is 0. The molecule has 8 heteroatoms. The van der Waals surface area contributed by atoms with Crippen LogP contribution in [0.3, 0.4) is 0 Å². The van der Waals surface area contributed by atoms with Crippen molar-refractivity contribution in [2.24, 2.45) is 0 Å². The van der Waals surface area contributed by atoms with E-state index in [1.807, 2.05) is 0 Å². The quantitative estimate of drug-likeness (QED) is 0.510. The lowest BCUT2D eigenvalue weighted by atomic mass is 10.0. The first-order valence-corrected chi connectivity index (χ1v) is 8.31. The number of phenols is 2. The zero-order valence-electron chi connectivity index (χ0n) is 12.0. The number of rotatable bonds is 6. The maximum absolute atomic E-state index is 11.0. The van der Waals surface area contributed by atoms with Gasteiger partial charge in [-0.1, -0.05) is 12.1 Å². The van der Waals surface area contributed by atoms with Gasteiger partial charge in [-0.3, -0.25) is 9.79 Å². The van der Waals surface area contributed by atoms with Crippen LogP contribution in [0.2, 0.25) is 0 Å². The van der Waals surface area contributed by atoms with E-state index >= 15 is 0 Å². The Hall–Kier alpha value is -2.05. The SMILES string of the molecule is O=P(O)(O)Oc1cc(O)ccc1C(O)CCc1cccc(O)c1. The number of phenolic OH excluding ortho intramolecular Hbond substituents is 2. The first-order chi connectivity index (χ1) is 10.7. The number of hydrogen-bond donors (Lipinski definition) is 5. The Labute approximate surface area is 132 Å². The number of aromatic hydroxyl groups is 2. The first-order valence-electron chi connectivity index (χ1n) is 6.78. The third-order valence-corrected chi connectivity index (χ3v) is 3.62. The topological polar surface area (TPSA) is 127 Å². The molecule has 0 spiro atoms. The van der Waals surface area contributed by atoms with E-state index in [1.165, 1.54) is 18.2 Å². The molecule has 0 aliphatic rings. The lowest BCUT2D eigenvalue weighted by molar-refractivity contribution is 0.164. The predicted molar refractivity (Wildman–Crippen MR) is 82.2 cm³/mol. The second kappa shape index (κ2) is 7.02. The maximum atomic E-state index is 11.0. The van der Waals surface area contributed by atoms with Crippen molar-refractivity contribution in [3.8, 4) is 17.2 Å². The van der Waals surface area contributed by atoms with Crippen molar-refractivity contribution in [3.05, 3.63) is 53.6 Å². The second-order valence-electron chi connectivity index (χ2n) is 5.03. The minimum Gasteiger partial charge on any atom is -0.508 e. The van der Waals surface area contributed by atoms with Crippen molar-refractivity contribution in [1.29, 1.82) is 0 Å². The van der Waals surface area contributed by atoms with Gasteiger partial charge in [-0.15, -0.1) is 0 Å². The van der Waals surface area contributed by atoms with Gasteiger partial charge in [-0.2, -0.15) is 0 Å². The molecule has 2 rings (SSSR count). The molecule has 0 fully saturated rings. The van der Waals surface area contributed by atoms with E-state index in [0.29, 0.717) is 6.42 Å². The first kappa shape index (κ1) is 17.3. The van der Waals surface area contributed by atoms with Crippen LogP contribution in [0.15, 0.2) is 42.5 Å². The van der Waals surface area contributed by atoms with E-state index in [2.05, 4.69) is 4.52 Å². The molecule has 124 valence electrons. The van der Waals surface area contributed by atoms with Gasteiger partial charge in [-0.05, 0) is 42.7 Å². The van der Waals surface area contributed by atoms with Crippen molar-refractivity contribution < 1.29 is 34.2 Å². The normalized spacial score (nSPS) is 12.8. The number of hydrogen-bond acceptors (Lipinski definition) is 5. The highest BCUT2D eigenvalue weighted by Gasteiger charge is 2.22. The molecule has 0 aromatic heterocycles. The summed E-state index contributed by atoms with van der Waals surface area (Å²) in [6.07, 6.45) is -0.378. The molecule has 0 saturated carbocycles. The van der Waals surface area contributed by atoms with Crippen LogP contribution >= 0.6 is 7.82 Å². The standard InChI is InChI=1S/C15H17O7P/c16-11-3-1-2-10(8-11)4-7-14(18)13-6-5-12(17)9-15(13)22-23(19,20)21/h1-3,5-6,8-9,14,16-18H,4,7H2,(H2,19,20,21). The highest BCUT2D eigenvalue weighted by atomic mass is 31.2. The van der Waals surface area contributed by atoms with Crippen LogP contribution < -0.4 is 4.52 Å². The van der Waals surface area contributed by atoms with E-state index < -0.39 is 13.9 Å². The summed E-state index contributed by atoms with van der Waals surface area (Å²) in [5, 5.41) is 29.1. The van der Waals surface area contributed by atoms with E-state index in [1.54, 1.807) is 18.2 Å². The fraction of sp³-hybridized carbons (Fsp3) is 0.200. The average molecular weight is 340 g/mol. The number of aliphatic hydroxyl groups is 1. The highest BCUT2D eigenvalue weighted by molar-refractivity contribution is 7.46. The zero-order valence-corrected chi connectivity index (χ0v) is 12.9. The Morgan fingerprint density at radius 3 is 2.39 bits per heavy atom. The summed E-state index contributed by atoms with van der Waals surface area (Å²) in [6, 6.07) is 10.2. The molecular weight excluding hydrogens is 323 g/mol. The molecule has 2 aromatic carbocycles. The van der Waals surface area contributed by atoms with Gasteiger partial charge in [0.05, 0.1) is 6.10 Å². The van der Waals surface area contributed by atoms with Crippen LogP contribution in [0.1, 0.15) is 23.7 Å². The van der Waals surface area contributed by atoms with Gasteiger partial charge >= 0.3 is 7.82 Å². The van der Waals surface area contributed by atoms with Crippen molar-refractivity contribution in [2.75, 3.05) is 0 Å². The number of aryl methyl sites for hydroxylation is 1.